The van der Waals surface area contributed by atoms with Crippen molar-refractivity contribution >= 4 is 11.8 Å². The van der Waals surface area contributed by atoms with Gasteiger partial charge in [0.1, 0.15) is 0 Å². The Bertz CT molecular complexity index is 294. The van der Waals surface area contributed by atoms with Gasteiger partial charge in [0, 0.05) is 17.2 Å². The molecule has 76 valence electrons. The average molecular weight is 207 g/mol. The van der Waals surface area contributed by atoms with E-state index in [0.717, 1.165) is 12.3 Å². The van der Waals surface area contributed by atoms with Crippen LogP contribution in [0.5, 0.6) is 0 Å². The van der Waals surface area contributed by atoms with Gasteiger partial charge in [0.15, 0.2) is 0 Å². The molecule has 0 atom stereocenters. The first-order valence-corrected chi connectivity index (χ1v) is 5.83. The van der Waals surface area contributed by atoms with Crippen molar-refractivity contribution in [2.24, 2.45) is 0 Å². The van der Waals surface area contributed by atoms with Crippen LogP contribution in [0.15, 0.2) is 41.3 Å². The van der Waals surface area contributed by atoms with Crippen LogP contribution in [0, 0.1) is 0 Å². The monoisotopic (exact) mass is 207 g/mol. The Kier molecular flexibility index (Phi) is 5.42. The first-order chi connectivity index (χ1) is 6.86. The molecular weight excluding hydrogens is 190 g/mol. The van der Waals surface area contributed by atoms with E-state index in [1.165, 1.54) is 10.5 Å². The second-order valence-corrected chi connectivity index (χ2v) is 4.15. The van der Waals surface area contributed by atoms with E-state index < -0.39 is 0 Å². The highest BCUT2D eigenvalue weighted by Crippen LogP contribution is 2.19. The number of hydrogen-bond acceptors (Lipinski definition) is 2. The molecule has 0 saturated heterocycles. The Morgan fingerprint density at radius 1 is 1.43 bits per heavy atom. The van der Waals surface area contributed by atoms with Gasteiger partial charge in [-0.3, -0.25) is 0 Å². The zero-order chi connectivity index (χ0) is 10.2. The number of allylic oxidation sites excluding steroid dienone is 1. The fourth-order valence-electron chi connectivity index (χ4n) is 1.19. The Hall–Kier alpha value is -0.730. The van der Waals surface area contributed by atoms with Gasteiger partial charge in [-0.25, -0.2) is 0 Å². The van der Waals surface area contributed by atoms with E-state index in [1.54, 1.807) is 0 Å². The van der Waals surface area contributed by atoms with Gasteiger partial charge in [-0.15, -0.1) is 11.8 Å². The molecule has 0 aromatic heterocycles. The molecule has 1 nitrogen and oxygen atoms in total. The lowest BCUT2D eigenvalue weighted by atomic mass is 10.2. The van der Waals surface area contributed by atoms with E-state index in [2.05, 4.69) is 48.7 Å². The van der Waals surface area contributed by atoms with Crippen LogP contribution in [0.25, 0.3) is 0 Å². The fourth-order valence-corrected chi connectivity index (χ4v) is 2.08. The fraction of sp³-hybridized carbons (Fsp3) is 0.333. The molecule has 0 amide bonds. The van der Waals surface area contributed by atoms with Crippen LogP contribution >= 0.6 is 11.8 Å². The zero-order valence-corrected chi connectivity index (χ0v) is 9.60. The molecule has 0 unspecified atom stereocenters. The molecule has 14 heavy (non-hydrogen) atoms. The van der Waals surface area contributed by atoms with Crippen molar-refractivity contribution in [3.63, 3.8) is 0 Å². The third kappa shape index (κ3) is 3.99. The van der Waals surface area contributed by atoms with Gasteiger partial charge in [-0.1, -0.05) is 24.3 Å². The summed E-state index contributed by atoms with van der Waals surface area (Å²) >= 11 is 1.87. The van der Waals surface area contributed by atoms with E-state index in [9.17, 15) is 0 Å². The van der Waals surface area contributed by atoms with Gasteiger partial charge in [0.25, 0.3) is 0 Å². The molecule has 0 bridgehead atoms. The van der Waals surface area contributed by atoms with Crippen LogP contribution in [0.1, 0.15) is 12.5 Å². The molecule has 1 aromatic carbocycles. The molecule has 0 heterocycles. The van der Waals surface area contributed by atoms with Crippen molar-refractivity contribution in [2.45, 2.75) is 18.4 Å². The Labute approximate surface area is 90.6 Å². The lowest BCUT2D eigenvalue weighted by Gasteiger charge is -2.03. The van der Waals surface area contributed by atoms with Crippen molar-refractivity contribution < 1.29 is 0 Å². The summed E-state index contributed by atoms with van der Waals surface area (Å²) in [5.41, 5.74) is 1.35. The third-order valence-electron chi connectivity index (χ3n) is 1.86. The topological polar surface area (TPSA) is 12.0 Å². The quantitative estimate of drug-likeness (QED) is 0.588. The summed E-state index contributed by atoms with van der Waals surface area (Å²) < 4.78 is 0. The molecule has 1 N–H and O–H groups in total. The molecule has 0 spiro atoms. The van der Waals surface area contributed by atoms with E-state index in [-0.39, 0.29) is 0 Å². The van der Waals surface area contributed by atoms with Crippen LogP contribution in [0.4, 0.5) is 0 Å². The van der Waals surface area contributed by atoms with E-state index in [1.807, 2.05) is 18.8 Å². The SMILES string of the molecule is CC=CCSc1cccc(CNC)c1. The summed E-state index contributed by atoms with van der Waals surface area (Å²) in [6.07, 6.45) is 4.26. The highest BCUT2D eigenvalue weighted by Gasteiger charge is 1.94. The number of hydrogen-bond donors (Lipinski definition) is 1. The lowest BCUT2D eigenvalue weighted by molar-refractivity contribution is 0.815. The van der Waals surface area contributed by atoms with E-state index in [4.69, 9.17) is 0 Å². The predicted octanol–water partition coefficient (Wildman–Crippen LogP) is 3.07. The molecule has 0 aliphatic carbocycles. The van der Waals surface area contributed by atoms with Gasteiger partial charge in [-0.2, -0.15) is 0 Å². The minimum Gasteiger partial charge on any atom is -0.316 e. The summed E-state index contributed by atoms with van der Waals surface area (Å²) in [7, 11) is 1.97. The molecule has 1 rings (SSSR count). The van der Waals surface area contributed by atoms with E-state index >= 15 is 0 Å². The summed E-state index contributed by atoms with van der Waals surface area (Å²) in [6, 6.07) is 8.67. The number of rotatable bonds is 5. The van der Waals surface area contributed by atoms with E-state index in [0.29, 0.717) is 0 Å². The van der Waals surface area contributed by atoms with Crippen molar-refractivity contribution in [3.05, 3.63) is 42.0 Å². The molecule has 2 heteroatoms. The largest absolute Gasteiger partial charge is 0.316 e. The van der Waals surface area contributed by atoms with Crippen molar-refractivity contribution in [2.75, 3.05) is 12.8 Å². The normalized spacial score (nSPS) is 11.0. The summed E-state index contributed by atoms with van der Waals surface area (Å²) in [4.78, 5) is 1.34. The Morgan fingerprint density at radius 3 is 3.00 bits per heavy atom. The minimum atomic E-state index is 0.942. The highest BCUT2D eigenvalue weighted by atomic mass is 32.2. The highest BCUT2D eigenvalue weighted by molar-refractivity contribution is 7.99. The summed E-state index contributed by atoms with van der Waals surface area (Å²) in [5.74, 6) is 1.06. The second kappa shape index (κ2) is 6.68. The third-order valence-corrected chi connectivity index (χ3v) is 2.81. The van der Waals surface area contributed by atoms with Gasteiger partial charge in [0.2, 0.25) is 0 Å². The lowest BCUT2D eigenvalue weighted by Crippen LogP contribution is -2.04. The van der Waals surface area contributed by atoms with Gasteiger partial charge >= 0.3 is 0 Å². The van der Waals surface area contributed by atoms with Crippen LogP contribution < -0.4 is 5.32 Å². The molecule has 0 fully saturated rings. The van der Waals surface area contributed by atoms with Crippen molar-refractivity contribution in [3.8, 4) is 0 Å². The van der Waals surface area contributed by atoms with Crippen LogP contribution in [0.3, 0.4) is 0 Å². The van der Waals surface area contributed by atoms with Crippen LogP contribution in [-0.2, 0) is 6.54 Å². The Balaban J connectivity index is 2.54. The predicted molar refractivity (Wildman–Crippen MR) is 64.7 cm³/mol. The number of benzene rings is 1. The summed E-state index contributed by atoms with van der Waals surface area (Å²) in [5, 5.41) is 3.16. The van der Waals surface area contributed by atoms with Crippen molar-refractivity contribution in [1.29, 1.82) is 0 Å². The molecular formula is C12H17NS. The maximum atomic E-state index is 3.16. The van der Waals surface area contributed by atoms with Crippen LogP contribution in [0.2, 0.25) is 0 Å². The first-order valence-electron chi connectivity index (χ1n) is 4.84. The zero-order valence-electron chi connectivity index (χ0n) is 8.79. The molecule has 1 aromatic rings. The smallest absolute Gasteiger partial charge is 0.0202 e. The summed E-state index contributed by atoms with van der Waals surface area (Å²) in [6.45, 7) is 3.00. The average Bonchev–Trinajstić information content (AvgIpc) is 2.19. The maximum absolute atomic E-state index is 3.16. The number of nitrogens with one attached hydrogen (secondary N) is 1. The maximum Gasteiger partial charge on any atom is 0.0202 e. The molecule has 0 radical (unpaired) electrons. The minimum absolute atomic E-state index is 0.942. The van der Waals surface area contributed by atoms with Gasteiger partial charge in [0.05, 0.1) is 0 Å². The molecule has 0 aliphatic rings. The second-order valence-electron chi connectivity index (χ2n) is 3.06. The van der Waals surface area contributed by atoms with Gasteiger partial charge < -0.3 is 5.32 Å². The molecule has 0 saturated carbocycles. The van der Waals surface area contributed by atoms with Crippen molar-refractivity contribution in [1.82, 2.24) is 5.32 Å². The van der Waals surface area contributed by atoms with Crippen LogP contribution in [-0.4, -0.2) is 12.8 Å². The number of thioether (sulfide) groups is 1. The standard InChI is InChI=1S/C12H17NS/c1-3-4-8-14-12-7-5-6-11(9-12)10-13-2/h3-7,9,13H,8,10H2,1-2H3. The first kappa shape index (κ1) is 11.3. The Morgan fingerprint density at radius 2 is 2.29 bits per heavy atom. The molecule has 0 aliphatic heterocycles. The van der Waals surface area contributed by atoms with Gasteiger partial charge in [-0.05, 0) is 31.7 Å².